The van der Waals surface area contributed by atoms with Crippen LogP contribution in [-0.2, 0) is 5.41 Å². The molecule has 84 valence electrons. The Labute approximate surface area is 96.3 Å². The first-order chi connectivity index (χ1) is 7.79. The van der Waals surface area contributed by atoms with Gasteiger partial charge in [0, 0.05) is 19.0 Å². The van der Waals surface area contributed by atoms with Crippen LogP contribution in [0.3, 0.4) is 0 Å². The van der Waals surface area contributed by atoms with Gasteiger partial charge < -0.3 is 5.11 Å². The number of allylic oxidation sites excluding steroid dienone is 1. The zero-order chi connectivity index (χ0) is 11.4. The van der Waals surface area contributed by atoms with Crippen LogP contribution in [0.1, 0.15) is 18.9 Å². The van der Waals surface area contributed by atoms with Crippen LogP contribution in [0.15, 0.2) is 47.6 Å². The molecule has 2 heteroatoms. The molecule has 16 heavy (non-hydrogen) atoms. The average Bonchev–Trinajstić information content (AvgIpc) is 2.81. The quantitative estimate of drug-likeness (QED) is 0.822. The molecule has 1 heterocycles. The number of benzene rings is 1. The Bertz CT molecular complexity index is 382. The van der Waals surface area contributed by atoms with Crippen molar-refractivity contribution in [3.8, 4) is 0 Å². The summed E-state index contributed by atoms with van der Waals surface area (Å²) in [5.41, 5.74) is 1.11. The third-order valence-corrected chi connectivity index (χ3v) is 3.38. The van der Waals surface area contributed by atoms with Crippen LogP contribution >= 0.6 is 0 Å². The van der Waals surface area contributed by atoms with E-state index in [4.69, 9.17) is 5.11 Å². The third-order valence-electron chi connectivity index (χ3n) is 3.38. The Hall–Kier alpha value is -1.41. The molecular weight excluding hydrogens is 198 g/mol. The Morgan fingerprint density at radius 1 is 1.31 bits per heavy atom. The van der Waals surface area contributed by atoms with Crippen molar-refractivity contribution in [2.45, 2.75) is 18.8 Å². The Kier molecular flexibility index (Phi) is 3.20. The predicted octanol–water partition coefficient (Wildman–Crippen LogP) is 2.54. The van der Waals surface area contributed by atoms with Gasteiger partial charge in [0.1, 0.15) is 0 Å². The molecule has 0 fully saturated rings. The fourth-order valence-corrected chi connectivity index (χ4v) is 2.28. The number of hydrogen-bond acceptors (Lipinski definition) is 2. The normalized spacial score (nSPS) is 24.9. The zero-order valence-electron chi connectivity index (χ0n) is 9.50. The molecule has 0 amide bonds. The van der Waals surface area contributed by atoms with Crippen molar-refractivity contribution >= 4 is 6.21 Å². The van der Waals surface area contributed by atoms with Gasteiger partial charge in [0.15, 0.2) is 0 Å². The Balaban J connectivity index is 2.37. The molecule has 1 N–H and O–H groups in total. The van der Waals surface area contributed by atoms with E-state index in [1.165, 1.54) is 5.56 Å². The van der Waals surface area contributed by atoms with Crippen LogP contribution in [0.4, 0.5) is 0 Å². The lowest BCUT2D eigenvalue weighted by Crippen LogP contribution is -2.32. The van der Waals surface area contributed by atoms with Gasteiger partial charge in [0.25, 0.3) is 0 Å². The predicted molar refractivity (Wildman–Crippen MR) is 66.6 cm³/mol. The fraction of sp³-hybridized carbons (Fsp3) is 0.357. The lowest BCUT2D eigenvalue weighted by molar-refractivity contribution is 0.248. The molecule has 1 aliphatic heterocycles. The number of aliphatic hydroxyl groups excluding tert-OH is 1. The standard InChI is InChI=1S/C14H17NO/c1-12(7-10-16)14(8-9-15-11-14)13-5-3-2-4-6-13/h2-6,8-9,11-12,16H,7,10H2,1H3. The second kappa shape index (κ2) is 4.62. The number of aliphatic hydroxyl groups is 1. The van der Waals surface area contributed by atoms with Crippen molar-refractivity contribution < 1.29 is 5.11 Å². The van der Waals surface area contributed by atoms with Gasteiger partial charge in [-0.1, -0.05) is 43.3 Å². The highest BCUT2D eigenvalue weighted by atomic mass is 16.3. The minimum absolute atomic E-state index is 0.135. The van der Waals surface area contributed by atoms with E-state index in [9.17, 15) is 0 Å². The van der Waals surface area contributed by atoms with E-state index in [0.29, 0.717) is 5.92 Å². The van der Waals surface area contributed by atoms with E-state index in [1.807, 2.05) is 30.6 Å². The molecule has 0 saturated heterocycles. The zero-order valence-corrected chi connectivity index (χ0v) is 9.50. The van der Waals surface area contributed by atoms with E-state index in [-0.39, 0.29) is 12.0 Å². The maximum Gasteiger partial charge on any atom is 0.0529 e. The first-order valence-electron chi connectivity index (χ1n) is 5.68. The minimum Gasteiger partial charge on any atom is -0.396 e. The van der Waals surface area contributed by atoms with Crippen LogP contribution in [0.2, 0.25) is 0 Å². The summed E-state index contributed by atoms with van der Waals surface area (Å²) >= 11 is 0. The molecule has 2 nitrogen and oxygen atoms in total. The van der Waals surface area contributed by atoms with Gasteiger partial charge in [-0.2, -0.15) is 0 Å². The lowest BCUT2D eigenvalue weighted by atomic mass is 9.71. The molecule has 0 saturated carbocycles. The maximum absolute atomic E-state index is 9.09. The van der Waals surface area contributed by atoms with E-state index in [2.05, 4.69) is 30.1 Å². The smallest absolute Gasteiger partial charge is 0.0529 e. The van der Waals surface area contributed by atoms with Crippen molar-refractivity contribution in [3.63, 3.8) is 0 Å². The Morgan fingerprint density at radius 2 is 2.06 bits per heavy atom. The van der Waals surface area contributed by atoms with Gasteiger partial charge in [0.05, 0.1) is 5.41 Å². The minimum atomic E-state index is -0.135. The van der Waals surface area contributed by atoms with Gasteiger partial charge in [-0.15, -0.1) is 0 Å². The molecule has 2 rings (SSSR count). The number of rotatable bonds is 4. The molecule has 0 aliphatic carbocycles. The molecular formula is C14H17NO. The number of hydrogen-bond donors (Lipinski definition) is 1. The van der Waals surface area contributed by atoms with E-state index in [0.717, 1.165) is 6.42 Å². The van der Waals surface area contributed by atoms with Crippen molar-refractivity contribution in [2.24, 2.45) is 10.9 Å². The van der Waals surface area contributed by atoms with Gasteiger partial charge in [-0.3, -0.25) is 4.99 Å². The summed E-state index contributed by atoms with van der Waals surface area (Å²) in [7, 11) is 0. The van der Waals surface area contributed by atoms with E-state index < -0.39 is 0 Å². The summed E-state index contributed by atoms with van der Waals surface area (Å²) in [6, 6.07) is 10.3. The lowest BCUT2D eigenvalue weighted by Gasteiger charge is -2.31. The molecule has 2 atom stereocenters. The SMILES string of the molecule is CC(CCO)C1(c2ccccc2)C=CN=C1. The van der Waals surface area contributed by atoms with Crippen LogP contribution in [0.5, 0.6) is 0 Å². The summed E-state index contributed by atoms with van der Waals surface area (Å²) in [4.78, 5) is 4.23. The monoisotopic (exact) mass is 215 g/mol. The van der Waals surface area contributed by atoms with Crippen LogP contribution < -0.4 is 0 Å². The summed E-state index contributed by atoms with van der Waals surface area (Å²) in [6.45, 7) is 2.38. The van der Waals surface area contributed by atoms with Crippen molar-refractivity contribution in [1.82, 2.24) is 0 Å². The van der Waals surface area contributed by atoms with Crippen molar-refractivity contribution in [1.29, 1.82) is 0 Å². The second-order valence-electron chi connectivity index (χ2n) is 4.31. The summed E-state index contributed by atoms with van der Waals surface area (Å²) in [5, 5.41) is 9.09. The summed E-state index contributed by atoms with van der Waals surface area (Å²) < 4.78 is 0. The first kappa shape index (κ1) is 11.1. The topological polar surface area (TPSA) is 32.6 Å². The second-order valence-corrected chi connectivity index (χ2v) is 4.31. The van der Waals surface area contributed by atoms with Crippen LogP contribution in [0, 0.1) is 5.92 Å². The van der Waals surface area contributed by atoms with E-state index >= 15 is 0 Å². The average molecular weight is 215 g/mol. The molecule has 0 spiro atoms. The first-order valence-corrected chi connectivity index (χ1v) is 5.68. The molecule has 1 aromatic rings. The molecule has 0 aromatic heterocycles. The van der Waals surface area contributed by atoms with Gasteiger partial charge in [0.2, 0.25) is 0 Å². The van der Waals surface area contributed by atoms with Crippen molar-refractivity contribution in [3.05, 3.63) is 48.2 Å². The molecule has 2 unspecified atom stereocenters. The highest BCUT2D eigenvalue weighted by Crippen LogP contribution is 2.36. The number of nitrogens with zero attached hydrogens (tertiary/aromatic N) is 1. The van der Waals surface area contributed by atoms with Gasteiger partial charge in [-0.25, -0.2) is 0 Å². The Morgan fingerprint density at radius 3 is 2.62 bits per heavy atom. The molecule has 0 radical (unpaired) electrons. The third kappa shape index (κ3) is 1.81. The number of aliphatic imine (C=N–C) groups is 1. The van der Waals surface area contributed by atoms with Crippen molar-refractivity contribution in [2.75, 3.05) is 6.61 Å². The molecule has 1 aromatic carbocycles. The largest absolute Gasteiger partial charge is 0.396 e. The van der Waals surface area contributed by atoms with Gasteiger partial charge in [-0.05, 0) is 17.9 Å². The maximum atomic E-state index is 9.09. The summed E-state index contributed by atoms with van der Waals surface area (Å²) in [6.07, 6.45) is 6.75. The molecule has 1 aliphatic rings. The fourth-order valence-electron chi connectivity index (χ4n) is 2.28. The van der Waals surface area contributed by atoms with Gasteiger partial charge >= 0.3 is 0 Å². The van der Waals surface area contributed by atoms with E-state index in [1.54, 1.807) is 0 Å². The van der Waals surface area contributed by atoms with Crippen LogP contribution in [-0.4, -0.2) is 17.9 Å². The highest BCUT2D eigenvalue weighted by Gasteiger charge is 2.35. The highest BCUT2D eigenvalue weighted by molar-refractivity contribution is 5.80. The molecule has 0 bridgehead atoms. The summed E-state index contributed by atoms with van der Waals surface area (Å²) in [5.74, 6) is 0.349. The van der Waals surface area contributed by atoms with Crippen LogP contribution in [0.25, 0.3) is 0 Å².